The Bertz CT molecular complexity index is 543. The molecule has 18 heavy (non-hydrogen) atoms. The summed E-state index contributed by atoms with van der Waals surface area (Å²) in [6.07, 6.45) is 0. The number of hydrogen-bond donors (Lipinski definition) is 2. The number of ether oxygens (including phenoxy) is 1. The van der Waals surface area contributed by atoms with Crippen LogP contribution in [0.2, 0.25) is 5.02 Å². The van der Waals surface area contributed by atoms with Crippen molar-refractivity contribution in [2.45, 2.75) is 6.61 Å². The Morgan fingerprint density at radius 3 is 2.78 bits per heavy atom. The highest BCUT2D eigenvalue weighted by molar-refractivity contribution is 6.33. The second-order valence-electron chi connectivity index (χ2n) is 3.96. The molecule has 2 aromatic rings. The molecule has 0 fully saturated rings. The molecule has 0 atom stereocenters. The molecular weight excluding hydrogens is 248 g/mol. The lowest BCUT2D eigenvalue weighted by Gasteiger charge is -2.11. The molecule has 3 N–H and O–H groups in total. The van der Waals surface area contributed by atoms with Gasteiger partial charge in [0.15, 0.2) is 0 Å². The van der Waals surface area contributed by atoms with Crippen LogP contribution in [0.1, 0.15) is 5.56 Å². The van der Waals surface area contributed by atoms with Gasteiger partial charge in [-0.15, -0.1) is 0 Å². The van der Waals surface area contributed by atoms with E-state index in [2.05, 4.69) is 5.32 Å². The van der Waals surface area contributed by atoms with E-state index in [1.54, 1.807) is 13.2 Å². The fourth-order valence-corrected chi connectivity index (χ4v) is 1.88. The standard InChI is InChI=1S/C14H15ClN2O/c1-18-9-10-4-2-5-11(8-10)17-13-7-3-6-12(15)14(13)16/h2-8,17H,9,16H2,1H3. The lowest BCUT2D eigenvalue weighted by molar-refractivity contribution is 0.185. The fourth-order valence-electron chi connectivity index (χ4n) is 1.71. The van der Waals surface area contributed by atoms with Gasteiger partial charge in [-0.2, -0.15) is 0 Å². The van der Waals surface area contributed by atoms with Crippen molar-refractivity contribution in [2.24, 2.45) is 0 Å². The summed E-state index contributed by atoms with van der Waals surface area (Å²) in [6, 6.07) is 13.5. The first kappa shape index (κ1) is 12.7. The third-order valence-electron chi connectivity index (χ3n) is 2.57. The summed E-state index contributed by atoms with van der Waals surface area (Å²) in [7, 11) is 1.68. The van der Waals surface area contributed by atoms with Crippen molar-refractivity contribution in [2.75, 3.05) is 18.2 Å². The van der Waals surface area contributed by atoms with Crippen molar-refractivity contribution >= 4 is 28.7 Å². The minimum absolute atomic E-state index is 0.549. The molecule has 0 aliphatic carbocycles. The Balaban J connectivity index is 2.23. The Hall–Kier alpha value is -1.71. The summed E-state index contributed by atoms with van der Waals surface area (Å²) in [6.45, 7) is 0.584. The molecule has 4 heteroatoms. The molecular formula is C14H15ClN2O. The van der Waals surface area contributed by atoms with Crippen molar-refractivity contribution in [3.05, 3.63) is 53.1 Å². The third kappa shape index (κ3) is 2.94. The van der Waals surface area contributed by atoms with Gasteiger partial charge in [-0.3, -0.25) is 0 Å². The molecule has 0 aliphatic rings. The van der Waals surface area contributed by atoms with Gasteiger partial charge in [-0.05, 0) is 29.8 Å². The zero-order valence-corrected chi connectivity index (χ0v) is 10.9. The molecule has 0 heterocycles. The Morgan fingerprint density at radius 1 is 1.22 bits per heavy atom. The van der Waals surface area contributed by atoms with Crippen LogP contribution in [0.25, 0.3) is 0 Å². The lowest BCUT2D eigenvalue weighted by Crippen LogP contribution is -1.97. The lowest BCUT2D eigenvalue weighted by atomic mass is 10.2. The first-order valence-corrected chi connectivity index (χ1v) is 5.97. The molecule has 0 aliphatic heterocycles. The quantitative estimate of drug-likeness (QED) is 0.824. The van der Waals surface area contributed by atoms with Crippen LogP contribution in [-0.4, -0.2) is 7.11 Å². The topological polar surface area (TPSA) is 47.3 Å². The number of methoxy groups -OCH3 is 1. The number of nitrogen functional groups attached to an aromatic ring is 1. The molecule has 0 bridgehead atoms. The Morgan fingerprint density at radius 2 is 2.00 bits per heavy atom. The minimum Gasteiger partial charge on any atom is -0.396 e. The number of nitrogens with one attached hydrogen (secondary N) is 1. The Kier molecular flexibility index (Phi) is 4.07. The van der Waals surface area contributed by atoms with E-state index in [0.717, 1.165) is 16.9 Å². The molecule has 2 aromatic carbocycles. The monoisotopic (exact) mass is 262 g/mol. The van der Waals surface area contributed by atoms with Crippen molar-refractivity contribution in [3.63, 3.8) is 0 Å². The number of nitrogens with two attached hydrogens (primary N) is 1. The van der Waals surface area contributed by atoms with Gasteiger partial charge >= 0.3 is 0 Å². The minimum atomic E-state index is 0.549. The maximum Gasteiger partial charge on any atom is 0.0742 e. The van der Waals surface area contributed by atoms with E-state index >= 15 is 0 Å². The molecule has 0 aromatic heterocycles. The number of hydrogen-bond acceptors (Lipinski definition) is 3. The summed E-state index contributed by atoms with van der Waals surface area (Å²) in [5.41, 5.74) is 9.32. The molecule has 0 saturated heterocycles. The van der Waals surface area contributed by atoms with Crippen LogP contribution in [0, 0.1) is 0 Å². The largest absolute Gasteiger partial charge is 0.396 e. The van der Waals surface area contributed by atoms with Gasteiger partial charge in [0.25, 0.3) is 0 Å². The van der Waals surface area contributed by atoms with Crippen LogP contribution in [0.5, 0.6) is 0 Å². The zero-order valence-electron chi connectivity index (χ0n) is 10.1. The van der Waals surface area contributed by atoms with Gasteiger partial charge in [-0.1, -0.05) is 29.8 Å². The van der Waals surface area contributed by atoms with E-state index in [9.17, 15) is 0 Å². The normalized spacial score (nSPS) is 10.3. The van der Waals surface area contributed by atoms with Crippen LogP contribution in [-0.2, 0) is 11.3 Å². The van der Waals surface area contributed by atoms with Crippen molar-refractivity contribution in [3.8, 4) is 0 Å². The van der Waals surface area contributed by atoms with Crippen LogP contribution in [0.3, 0.4) is 0 Å². The summed E-state index contributed by atoms with van der Waals surface area (Å²) < 4.78 is 5.10. The average molecular weight is 263 g/mol. The van der Waals surface area contributed by atoms with E-state index < -0.39 is 0 Å². The van der Waals surface area contributed by atoms with Gasteiger partial charge in [0.05, 0.1) is 23.0 Å². The van der Waals surface area contributed by atoms with Crippen LogP contribution in [0.15, 0.2) is 42.5 Å². The van der Waals surface area contributed by atoms with E-state index in [4.69, 9.17) is 22.1 Å². The maximum atomic E-state index is 5.98. The SMILES string of the molecule is COCc1cccc(Nc2cccc(Cl)c2N)c1. The van der Waals surface area contributed by atoms with E-state index in [1.165, 1.54) is 0 Å². The molecule has 3 nitrogen and oxygen atoms in total. The van der Waals surface area contributed by atoms with Crippen molar-refractivity contribution < 1.29 is 4.74 Å². The molecule has 0 spiro atoms. The molecule has 0 unspecified atom stereocenters. The number of para-hydroxylation sites is 1. The smallest absolute Gasteiger partial charge is 0.0742 e. The molecule has 0 amide bonds. The second kappa shape index (κ2) is 5.76. The molecule has 0 radical (unpaired) electrons. The van der Waals surface area contributed by atoms with Crippen LogP contribution < -0.4 is 11.1 Å². The summed E-state index contributed by atoms with van der Waals surface area (Å²) in [5, 5.41) is 3.80. The average Bonchev–Trinajstić information content (AvgIpc) is 2.36. The van der Waals surface area contributed by atoms with Gasteiger partial charge < -0.3 is 15.8 Å². The van der Waals surface area contributed by atoms with E-state index in [-0.39, 0.29) is 0 Å². The van der Waals surface area contributed by atoms with E-state index in [0.29, 0.717) is 17.3 Å². The van der Waals surface area contributed by atoms with Gasteiger partial charge in [0.2, 0.25) is 0 Å². The predicted molar refractivity (Wildman–Crippen MR) is 76.3 cm³/mol. The number of anilines is 3. The van der Waals surface area contributed by atoms with Crippen LogP contribution in [0.4, 0.5) is 17.1 Å². The molecule has 2 rings (SSSR count). The van der Waals surface area contributed by atoms with Crippen molar-refractivity contribution in [1.29, 1.82) is 0 Å². The van der Waals surface area contributed by atoms with Crippen molar-refractivity contribution in [1.82, 2.24) is 0 Å². The number of benzene rings is 2. The highest BCUT2D eigenvalue weighted by Crippen LogP contribution is 2.29. The Labute approximate surface area is 112 Å². The molecule has 0 saturated carbocycles. The summed E-state index contributed by atoms with van der Waals surface area (Å²) in [4.78, 5) is 0. The summed E-state index contributed by atoms with van der Waals surface area (Å²) in [5.74, 6) is 0. The maximum absolute atomic E-state index is 5.98. The molecule has 94 valence electrons. The number of halogens is 1. The van der Waals surface area contributed by atoms with Crippen LogP contribution >= 0.6 is 11.6 Å². The zero-order chi connectivity index (χ0) is 13.0. The highest BCUT2D eigenvalue weighted by Gasteiger charge is 2.03. The second-order valence-corrected chi connectivity index (χ2v) is 4.37. The first-order valence-electron chi connectivity index (χ1n) is 5.59. The highest BCUT2D eigenvalue weighted by atomic mass is 35.5. The van der Waals surface area contributed by atoms with Gasteiger partial charge in [0.1, 0.15) is 0 Å². The third-order valence-corrected chi connectivity index (χ3v) is 2.90. The fraction of sp³-hybridized carbons (Fsp3) is 0.143. The van der Waals surface area contributed by atoms with Gasteiger partial charge in [-0.25, -0.2) is 0 Å². The van der Waals surface area contributed by atoms with E-state index in [1.807, 2.05) is 36.4 Å². The predicted octanol–water partition coefficient (Wildman–Crippen LogP) is 3.81. The number of rotatable bonds is 4. The summed E-state index contributed by atoms with van der Waals surface area (Å²) >= 11 is 5.98. The first-order chi connectivity index (χ1) is 8.70. The van der Waals surface area contributed by atoms with Gasteiger partial charge in [0, 0.05) is 12.8 Å².